The molecule has 1 N–H and O–H groups in total. The first-order valence-electron chi connectivity index (χ1n) is 8.59. The maximum Gasteiger partial charge on any atom is 0.311 e. The van der Waals surface area contributed by atoms with Crippen molar-refractivity contribution in [2.45, 2.75) is 26.2 Å². The van der Waals surface area contributed by atoms with E-state index < -0.39 is 0 Å². The molecule has 1 aliphatic rings. The van der Waals surface area contributed by atoms with E-state index in [2.05, 4.69) is 20.4 Å². The summed E-state index contributed by atoms with van der Waals surface area (Å²) in [7, 11) is 0. The molecule has 0 bridgehead atoms. The molecule has 6 nitrogen and oxygen atoms in total. The molecule has 0 atom stereocenters. The topological polar surface area (TPSA) is 66.8 Å². The van der Waals surface area contributed by atoms with Crippen LogP contribution in [0.25, 0.3) is 0 Å². The minimum atomic E-state index is -0.312. The molecule has 1 aromatic heterocycles. The van der Waals surface area contributed by atoms with Crippen molar-refractivity contribution in [3.8, 4) is 0 Å². The third-order valence-corrected chi connectivity index (χ3v) is 4.80. The molecule has 8 heteroatoms. The number of rotatable bonds is 7. The average molecular weight is 376 g/mol. The Hall–Kier alpha value is -2.48. The van der Waals surface area contributed by atoms with Gasteiger partial charge in [-0.25, -0.2) is 9.37 Å². The Morgan fingerprint density at radius 1 is 1.46 bits per heavy atom. The van der Waals surface area contributed by atoms with Gasteiger partial charge in [-0.2, -0.15) is 5.10 Å². The lowest BCUT2D eigenvalue weighted by molar-refractivity contribution is -0.142. The second kappa shape index (κ2) is 8.75. The van der Waals surface area contributed by atoms with Crippen molar-refractivity contribution in [1.82, 2.24) is 4.98 Å². The van der Waals surface area contributed by atoms with Crippen molar-refractivity contribution in [3.05, 3.63) is 40.7 Å². The number of hydrogen-bond acceptors (Lipinski definition) is 7. The molecule has 3 rings (SSSR count). The van der Waals surface area contributed by atoms with Crippen LogP contribution >= 0.6 is 11.3 Å². The maximum atomic E-state index is 14.2. The number of anilines is 2. The normalized spacial score (nSPS) is 14.2. The molecule has 1 aliphatic heterocycles. The van der Waals surface area contributed by atoms with Crippen molar-refractivity contribution in [1.29, 1.82) is 0 Å². The number of thiazole rings is 1. The Kier molecular flexibility index (Phi) is 6.17. The molecular formula is C18H21FN4O2S. The Morgan fingerprint density at radius 3 is 3.00 bits per heavy atom. The highest BCUT2D eigenvalue weighted by atomic mass is 32.1. The minimum Gasteiger partial charge on any atom is -0.466 e. The summed E-state index contributed by atoms with van der Waals surface area (Å²) < 4.78 is 19.1. The number of hydrogen-bond donors (Lipinski definition) is 1. The fourth-order valence-electron chi connectivity index (χ4n) is 2.75. The molecule has 0 aliphatic carbocycles. The molecule has 0 radical (unpaired) electrons. The summed E-state index contributed by atoms with van der Waals surface area (Å²) in [5, 5.41) is 6.33. The standard InChI is InChI=1S/C18H21FN4O2S/c1-2-25-17(24)9-14-12-26-18(21-14)22-20-11-13-5-6-15(10-16(13)19)23-7-3-4-8-23/h5-6,10-12H,2-4,7-9H2,1H3,(H,21,22). The van der Waals surface area contributed by atoms with E-state index in [1.807, 2.05) is 6.07 Å². The number of ether oxygens (including phenoxy) is 1. The van der Waals surface area contributed by atoms with Crippen molar-refractivity contribution in [2.24, 2.45) is 5.10 Å². The van der Waals surface area contributed by atoms with E-state index in [-0.39, 0.29) is 18.2 Å². The second-order valence-electron chi connectivity index (χ2n) is 5.90. The van der Waals surface area contributed by atoms with Crippen molar-refractivity contribution in [2.75, 3.05) is 30.0 Å². The molecule has 0 spiro atoms. The van der Waals surface area contributed by atoms with Crippen molar-refractivity contribution in [3.63, 3.8) is 0 Å². The lowest BCUT2D eigenvalue weighted by atomic mass is 10.2. The van der Waals surface area contributed by atoms with Crippen LogP contribution in [0.2, 0.25) is 0 Å². The molecule has 26 heavy (non-hydrogen) atoms. The van der Waals surface area contributed by atoms with E-state index in [1.165, 1.54) is 17.6 Å². The van der Waals surface area contributed by atoms with Crippen LogP contribution in [0.3, 0.4) is 0 Å². The zero-order valence-corrected chi connectivity index (χ0v) is 15.4. The first kappa shape index (κ1) is 18.3. The van der Waals surface area contributed by atoms with Gasteiger partial charge in [0.15, 0.2) is 0 Å². The zero-order valence-electron chi connectivity index (χ0n) is 14.6. The molecule has 2 heterocycles. The summed E-state index contributed by atoms with van der Waals surface area (Å²) in [5.41, 5.74) is 4.70. The van der Waals surface area contributed by atoms with Gasteiger partial charge in [-0.3, -0.25) is 10.2 Å². The number of carbonyl (C=O) groups excluding carboxylic acids is 1. The average Bonchev–Trinajstić information content (AvgIpc) is 3.28. The van der Waals surface area contributed by atoms with Crippen LogP contribution in [0.5, 0.6) is 0 Å². The summed E-state index contributed by atoms with van der Waals surface area (Å²) in [5.74, 6) is -0.616. The largest absolute Gasteiger partial charge is 0.466 e. The van der Waals surface area contributed by atoms with Gasteiger partial charge >= 0.3 is 5.97 Å². The van der Waals surface area contributed by atoms with Gasteiger partial charge in [-0.05, 0) is 38.0 Å². The van der Waals surface area contributed by atoms with Gasteiger partial charge in [0.25, 0.3) is 0 Å². The number of nitrogens with one attached hydrogen (secondary N) is 1. The van der Waals surface area contributed by atoms with E-state index in [0.29, 0.717) is 23.0 Å². The summed E-state index contributed by atoms with van der Waals surface area (Å²) in [6.45, 7) is 4.07. The Bertz CT molecular complexity index is 787. The first-order valence-corrected chi connectivity index (χ1v) is 9.47. The third kappa shape index (κ3) is 4.78. The highest BCUT2D eigenvalue weighted by Gasteiger charge is 2.13. The fourth-order valence-corrected chi connectivity index (χ4v) is 3.41. The van der Waals surface area contributed by atoms with Crippen LogP contribution < -0.4 is 10.3 Å². The van der Waals surface area contributed by atoms with Gasteiger partial charge in [0, 0.05) is 29.7 Å². The van der Waals surface area contributed by atoms with Gasteiger partial charge in [-0.1, -0.05) is 0 Å². The summed E-state index contributed by atoms with van der Waals surface area (Å²) >= 11 is 1.32. The van der Waals surface area contributed by atoms with Crippen LogP contribution in [-0.4, -0.2) is 36.9 Å². The van der Waals surface area contributed by atoms with E-state index in [1.54, 1.807) is 24.4 Å². The predicted octanol–water partition coefficient (Wildman–Crippen LogP) is 3.43. The van der Waals surface area contributed by atoms with Crippen molar-refractivity contribution >= 4 is 34.3 Å². The number of carbonyl (C=O) groups is 1. The van der Waals surface area contributed by atoms with Crippen LogP contribution in [-0.2, 0) is 16.0 Å². The first-order chi connectivity index (χ1) is 12.7. The molecule has 0 saturated carbocycles. The number of hydrazone groups is 1. The molecular weight excluding hydrogens is 355 g/mol. The fraction of sp³-hybridized carbons (Fsp3) is 0.389. The van der Waals surface area contributed by atoms with Crippen LogP contribution in [0.4, 0.5) is 15.2 Å². The summed E-state index contributed by atoms with van der Waals surface area (Å²) in [4.78, 5) is 17.9. The number of nitrogens with zero attached hydrogens (tertiary/aromatic N) is 3. The van der Waals surface area contributed by atoms with Gasteiger partial charge < -0.3 is 9.64 Å². The Labute approximate surface area is 155 Å². The molecule has 138 valence electrons. The molecule has 2 aromatic rings. The van der Waals surface area contributed by atoms with Gasteiger partial charge in [0.2, 0.25) is 5.13 Å². The number of esters is 1. The van der Waals surface area contributed by atoms with E-state index in [0.717, 1.165) is 31.6 Å². The SMILES string of the molecule is CCOC(=O)Cc1csc(NN=Cc2ccc(N3CCCC3)cc2F)n1. The summed E-state index contributed by atoms with van der Waals surface area (Å²) in [6.07, 6.45) is 3.86. The summed E-state index contributed by atoms with van der Waals surface area (Å²) in [6, 6.07) is 5.19. The lowest BCUT2D eigenvalue weighted by Gasteiger charge is -2.17. The van der Waals surface area contributed by atoms with Gasteiger partial charge in [0.05, 0.1) is 24.9 Å². The van der Waals surface area contributed by atoms with Gasteiger partial charge in [-0.15, -0.1) is 11.3 Å². The third-order valence-electron chi connectivity index (χ3n) is 4.00. The quantitative estimate of drug-likeness (QED) is 0.456. The Morgan fingerprint density at radius 2 is 2.27 bits per heavy atom. The molecule has 0 amide bonds. The minimum absolute atomic E-state index is 0.127. The second-order valence-corrected chi connectivity index (χ2v) is 6.75. The molecule has 1 saturated heterocycles. The number of aromatic nitrogens is 1. The highest BCUT2D eigenvalue weighted by molar-refractivity contribution is 7.13. The molecule has 1 aromatic carbocycles. The lowest BCUT2D eigenvalue weighted by Crippen LogP contribution is -2.17. The predicted molar refractivity (Wildman–Crippen MR) is 102 cm³/mol. The molecule has 0 unspecified atom stereocenters. The highest BCUT2D eigenvalue weighted by Crippen LogP contribution is 2.22. The van der Waals surface area contributed by atoms with Crippen molar-refractivity contribution < 1.29 is 13.9 Å². The maximum absolute atomic E-state index is 14.2. The molecule has 1 fully saturated rings. The Balaban J connectivity index is 1.57. The van der Waals surface area contributed by atoms with E-state index in [9.17, 15) is 9.18 Å². The van der Waals surface area contributed by atoms with Gasteiger partial charge in [0.1, 0.15) is 5.82 Å². The number of halogens is 1. The smallest absolute Gasteiger partial charge is 0.311 e. The van der Waals surface area contributed by atoms with Crippen LogP contribution in [0.1, 0.15) is 31.0 Å². The van der Waals surface area contributed by atoms with E-state index in [4.69, 9.17) is 4.74 Å². The van der Waals surface area contributed by atoms with Crippen LogP contribution in [0, 0.1) is 5.82 Å². The van der Waals surface area contributed by atoms with Crippen LogP contribution in [0.15, 0.2) is 28.7 Å². The van der Waals surface area contributed by atoms with E-state index >= 15 is 0 Å². The zero-order chi connectivity index (χ0) is 18.4. The monoisotopic (exact) mass is 376 g/mol. The number of benzene rings is 1.